The highest BCUT2D eigenvalue weighted by molar-refractivity contribution is 6.21. The molecule has 4 heteroatoms. The monoisotopic (exact) mass is 345 g/mol. The third-order valence-electron chi connectivity index (χ3n) is 4.94. The fraction of sp³-hybridized carbons (Fsp3) is 0.273. The zero-order valence-electron chi connectivity index (χ0n) is 15.4. The van der Waals surface area contributed by atoms with Crippen molar-refractivity contribution in [2.75, 3.05) is 5.32 Å². The molecular weight excluding hydrogens is 322 g/mol. The van der Waals surface area contributed by atoms with Gasteiger partial charge in [0.1, 0.15) is 0 Å². The smallest absolute Gasteiger partial charge is 0.0987 e. The van der Waals surface area contributed by atoms with E-state index in [0.29, 0.717) is 11.3 Å². The number of nitrogens with zero attached hydrogens (tertiary/aromatic N) is 1. The first-order valence-corrected chi connectivity index (χ1v) is 8.71. The lowest BCUT2D eigenvalue weighted by Crippen LogP contribution is -2.03. The lowest BCUT2D eigenvalue weighted by Gasteiger charge is -2.15. The van der Waals surface area contributed by atoms with E-state index in [2.05, 4.69) is 11.4 Å². The van der Waals surface area contributed by atoms with E-state index in [4.69, 9.17) is 5.41 Å². The first kappa shape index (κ1) is 17.8. The number of benzene rings is 2. The van der Waals surface area contributed by atoms with Gasteiger partial charge in [-0.15, -0.1) is 0 Å². The lowest BCUT2D eigenvalue weighted by atomic mass is 9.97. The van der Waals surface area contributed by atoms with E-state index in [1.807, 2.05) is 49.4 Å². The maximum atomic E-state index is 9.91. The van der Waals surface area contributed by atoms with Crippen molar-refractivity contribution >= 4 is 22.7 Å². The van der Waals surface area contributed by atoms with Crippen molar-refractivity contribution in [1.29, 1.82) is 10.7 Å². The van der Waals surface area contributed by atoms with Gasteiger partial charge in [-0.3, -0.25) is 0 Å². The number of rotatable bonds is 5. The van der Waals surface area contributed by atoms with Crippen LogP contribution in [0.4, 0.5) is 11.4 Å². The van der Waals surface area contributed by atoms with E-state index >= 15 is 0 Å². The number of allylic oxidation sites excluding steroid dienone is 2. The van der Waals surface area contributed by atoms with Crippen LogP contribution in [0.25, 0.3) is 5.57 Å². The predicted octanol–water partition coefficient (Wildman–Crippen LogP) is 5.62. The molecule has 1 saturated carbocycles. The molecule has 0 bridgehead atoms. The second-order valence-electron chi connectivity index (χ2n) is 7.01. The summed E-state index contributed by atoms with van der Waals surface area (Å²) in [6.07, 6.45) is 1.88. The van der Waals surface area contributed by atoms with Gasteiger partial charge in [0.05, 0.1) is 17.2 Å². The second-order valence-corrected chi connectivity index (χ2v) is 7.01. The molecule has 0 radical (unpaired) electrons. The fourth-order valence-electron chi connectivity index (χ4n) is 3.23. The van der Waals surface area contributed by atoms with Crippen LogP contribution in [0.5, 0.6) is 0 Å². The summed E-state index contributed by atoms with van der Waals surface area (Å²) in [5.74, 6) is 0.142. The van der Waals surface area contributed by atoms with Crippen molar-refractivity contribution in [3.05, 3.63) is 64.9 Å². The SMILES string of the molecule is CC(=N)/C(=C(/C)O)c1ccc(C)c(Nc2ccc(C3(C#N)CC3)cc2)c1. The van der Waals surface area contributed by atoms with Crippen LogP contribution in [0.1, 0.15) is 43.4 Å². The molecule has 0 aliphatic heterocycles. The van der Waals surface area contributed by atoms with Crippen molar-refractivity contribution in [1.82, 2.24) is 0 Å². The highest BCUT2D eigenvalue weighted by Crippen LogP contribution is 2.47. The molecule has 3 N–H and O–H groups in total. The van der Waals surface area contributed by atoms with Gasteiger partial charge >= 0.3 is 0 Å². The Hall–Kier alpha value is -3.06. The molecule has 0 unspecified atom stereocenters. The number of nitrogens with one attached hydrogen (secondary N) is 2. The number of aryl methyl sites for hydroxylation is 1. The molecule has 1 fully saturated rings. The number of aliphatic hydroxyl groups excluding tert-OH is 1. The Balaban J connectivity index is 1.88. The van der Waals surface area contributed by atoms with Crippen LogP contribution in [-0.4, -0.2) is 10.8 Å². The zero-order valence-corrected chi connectivity index (χ0v) is 15.4. The first-order chi connectivity index (χ1) is 12.4. The Morgan fingerprint density at radius 3 is 2.31 bits per heavy atom. The van der Waals surface area contributed by atoms with Crippen LogP contribution in [0.15, 0.2) is 48.2 Å². The molecule has 3 rings (SSSR count). The van der Waals surface area contributed by atoms with E-state index in [9.17, 15) is 10.4 Å². The Morgan fingerprint density at radius 1 is 1.15 bits per heavy atom. The van der Waals surface area contributed by atoms with Gasteiger partial charge in [0.15, 0.2) is 0 Å². The van der Waals surface area contributed by atoms with E-state index in [-0.39, 0.29) is 11.2 Å². The number of nitriles is 1. The molecular formula is C22H23N3O. The minimum absolute atomic E-state index is 0.142. The minimum atomic E-state index is -0.270. The highest BCUT2D eigenvalue weighted by Gasteiger charge is 2.44. The van der Waals surface area contributed by atoms with Crippen molar-refractivity contribution in [2.45, 2.75) is 39.0 Å². The largest absolute Gasteiger partial charge is 0.512 e. The molecule has 0 aromatic heterocycles. The van der Waals surface area contributed by atoms with Crippen LogP contribution >= 0.6 is 0 Å². The van der Waals surface area contributed by atoms with Gasteiger partial charge in [-0.2, -0.15) is 5.26 Å². The molecule has 1 aliphatic rings. The van der Waals surface area contributed by atoms with Gasteiger partial charge in [-0.1, -0.05) is 24.3 Å². The van der Waals surface area contributed by atoms with Gasteiger partial charge in [0.25, 0.3) is 0 Å². The average molecular weight is 345 g/mol. The maximum Gasteiger partial charge on any atom is 0.0987 e. The van der Waals surface area contributed by atoms with E-state index in [0.717, 1.165) is 40.9 Å². The molecule has 0 atom stereocenters. The lowest BCUT2D eigenvalue weighted by molar-refractivity contribution is 0.418. The summed E-state index contributed by atoms with van der Waals surface area (Å²) in [5.41, 5.74) is 5.45. The molecule has 0 spiro atoms. The molecule has 2 aromatic rings. The molecule has 4 nitrogen and oxygen atoms in total. The minimum Gasteiger partial charge on any atom is -0.512 e. The van der Waals surface area contributed by atoms with Crippen molar-refractivity contribution in [3.8, 4) is 6.07 Å². The van der Waals surface area contributed by atoms with Crippen LogP contribution in [0.3, 0.4) is 0 Å². The van der Waals surface area contributed by atoms with Gasteiger partial charge in [0.2, 0.25) is 0 Å². The van der Waals surface area contributed by atoms with Crippen LogP contribution in [0.2, 0.25) is 0 Å². The molecule has 0 saturated heterocycles. The van der Waals surface area contributed by atoms with E-state index < -0.39 is 0 Å². The quantitative estimate of drug-likeness (QED) is 0.486. The Bertz CT molecular complexity index is 925. The van der Waals surface area contributed by atoms with Crippen LogP contribution < -0.4 is 5.32 Å². The van der Waals surface area contributed by atoms with Crippen molar-refractivity contribution in [2.24, 2.45) is 0 Å². The Kier molecular flexibility index (Phi) is 4.56. The molecule has 0 amide bonds. The third kappa shape index (κ3) is 3.34. The van der Waals surface area contributed by atoms with E-state index in [1.54, 1.807) is 13.8 Å². The summed E-state index contributed by atoms with van der Waals surface area (Å²) < 4.78 is 0. The number of hydrogen-bond donors (Lipinski definition) is 3. The summed E-state index contributed by atoms with van der Waals surface area (Å²) in [6, 6.07) is 16.3. The normalized spacial score (nSPS) is 15.6. The Morgan fingerprint density at radius 2 is 1.81 bits per heavy atom. The third-order valence-corrected chi connectivity index (χ3v) is 4.94. The van der Waals surface area contributed by atoms with Crippen molar-refractivity contribution < 1.29 is 5.11 Å². The maximum absolute atomic E-state index is 9.91. The van der Waals surface area contributed by atoms with Gasteiger partial charge < -0.3 is 15.8 Å². The topological polar surface area (TPSA) is 79.9 Å². The summed E-state index contributed by atoms with van der Waals surface area (Å²) in [6.45, 7) is 5.29. The summed E-state index contributed by atoms with van der Waals surface area (Å²) >= 11 is 0. The predicted molar refractivity (Wildman–Crippen MR) is 106 cm³/mol. The van der Waals surface area contributed by atoms with Gasteiger partial charge in [-0.05, 0) is 68.5 Å². The van der Waals surface area contributed by atoms with Crippen LogP contribution in [0, 0.1) is 23.7 Å². The standard InChI is InChI=1S/C22H23N3O/c1-14-4-5-17(21(15(2)24)16(3)26)12-20(14)25-19-8-6-18(7-9-19)22(13-23)10-11-22/h4-9,12,24-26H,10-11H2,1-3H3/b21-16+,24-15?. The summed E-state index contributed by atoms with van der Waals surface area (Å²) in [5, 5.41) is 30.5. The van der Waals surface area contributed by atoms with Crippen molar-refractivity contribution in [3.63, 3.8) is 0 Å². The van der Waals surface area contributed by atoms with Gasteiger partial charge in [0, 0.05) is 22.7 Å². The number of aliphatic hydroxyl groups is 1. The zero-order chi connectivity index (χ0) is 18.9. The summed E-state index contributed by atoms with van der Waals surface area (Å²) in [4.78, 5) is 0. The Labute approximate surface area is 154 Å². The van der Waals surface area contributed by atoms with E-state index in [1.165, 1.54) is 0 Å². The molecule has 1 aliphatic carbocycles. The van der Waals surface area contributed by atoms with Crippen LogP contribution in [-0.2, 0) is 5.41 Å². The molecule has 2 aromatic carbocycles. The fourth-order valence-corrected chi connectivity index (χ4v) is 3.23. The first-order valence-electron chi connectivity index (χ1n) is 8.71. The summed E-state index contributed by atoms with van der Waals surface area (Å²) in [7, 11) is 0. The highest BCUT2D eigenvalue weighted by atomic mass is 16.3. The second kappa shape index (κ2) is 6.68. The number of hydrogen-bond acceptors (Lipinski definition) is 4. The van der Waals surface area contributed by atoms with Gasteiger partial charge in [-0.25, -0.2) is 0 Å². The molecule has 132 valence electrons. The molecule has 0 heterocycles. The average Bonchev–Trinajstić information content (AvgIpc) is 3.39. The number of anilines is 2. The molecule has 26 heavy (non-hydrogen) atoms.